The Labute approximate surface area is 95.6 Å². The Kier molecular flexibility index (Phi) is 3.48. The molecule has 16 heavy (non-hydrogen) atoms. The van der Waals surface area contributed by atoms with Crippen LogP contribution in [0, 0.1) is 0 Å². The van der Waals surface area contributed by atoms with Crippen LogP contribution < -0.4 is 0 Å². The second kappa shape index (κ2) is 5.05. The van der Waals surface area contributed by atoms with E-state index in [0.717, 1.165) is 12.0 Å². The predicted molar refractivity (Wildman–Crippen MR) is 57.5 cm³/mol. The van der Waals surface area contributed by atoms with Crippen LogP contribution >= 0.6 is 0 Å². The van der Waals surface area contributed by atoms with Crippen molar-refractivity contribution in [2.75, 3.05) is 0 Å². The summed E-state index contributed by atoms with van der Waals surface area (Å²) in [5.41, 5.74) is 1.06. The Balaban J connectivity index is 1.98. The van der Waals surface area contributed by atoms with Crippen molar-refractivity contribution < 1.29 is 13.2 Å². The van der Waals surface area contributed by atoms with Crippen molar-refractivity contribution in [2.45, 2.75) is 17.7 Å². The summed E-state index contributed by atoms with van der Waals surface area (Å²) in [5.74, 6) is 0.691. The molecule has 1 aromatic heterocycles. The third-order valence-electron chi connectivity index (χ3n) is 2.23. The summed E-state index contributed by atoms with van der Waals surface area (Å²) in [6, 6.07) is 6.78. The second-order valence-electron chi connectivity index (χ2n) is 3.30. The highest BCUT2D eigenvalue weighted by molar-refractivity contribution is 7.79. The molecular weight excluding hydrogens is 226 g/mol. The lowest BCUT2D eigenvalue weighted by Crippen LogP contribution is -1.93. The van der Waals surface area contributed by atoms with Crippen LogP contribution in [-0.4, -0.2) is 13.7 Å². The summed E-state index contributed by atoms with van der Waals surface area (Å²) < 4.78 is 26.4. The van der Waals surface area contributed by atoms with E-state index in [0.29, 0.717) is 17.2 Å². The summed E-state index contributed by atoms with van der Waals surface area (Å²) in [5, 5.41) is 0. The molecule has 1 unspecified atom stereocenters. The molecule has 0 N–H and O–H groups in total. The monoisotopic (exact) mass is 236 g/mol. The number of nitrogens with zero attached hydrogens (tertiary/aromatic N) is 1. The SMILES string of the molecule is O=S([O-])c1ccc(CCc2ncco2)cc1. The van der Waals surface area contributed by atoms with Gasteiger partial charge in [0.15, 0.2) is 5.89 Å². The van der Waals surface area contributed by atoms with Gasteiger partial charge in [-0.3, -0.25) is 4.21 Å². The summed E-state index contributed by atoms with van der Waals surface area (Å²) >= 11 is -2.15. The minimum Gasteiger partial charge on any atom is -0.768 e. The van der Waals surface area contributed by atoms with Crippen molar-refractivity contribution in [3.63, 3.8) is 0 Å². The van der Waals surface area contributed by atoms with Crippen LogP contribution in [0.15, 0.2) is 46.0 Å². The van der Waals surface area contributed by atoms with Crippen LogP contribution in [0.3, 0.4) is 0 Å². The fraction of sp³-hybridized carbons (Fsp3) is 0.182. The molecular formula is C11H10NO3S-. The molecule has 0 spiro atoms. The first-order valence-electron chi connectivity index (χ1n) is 4.82. The minimum absolute atomic E-state index is 0.305. The first-order valence-corrected chi connectivity index (χ1v) is 5.90. The fourth-order valence-corrected chi connectivity index (χ4v) is 1.75. The van der Waals surface area contributed by atoms with Gasteiger partial charge in [0.05, 0.1) is 6.20 Å². The van der Waals surface area contributed by atoms with E-state index < -0.39 is 11.1 Å². The van der Waals surface area contributed by atoms with Crippen molar-refractivity contribution in [1.82, 2.24) is 4.98 Å². The maximum absolute atomic E-state index is 10.6. The summed E-state index contributed by atoms with van der Waals surface area (Å²) in [4.78, 5) is 4.32. The van der Waals surface area contributed by atoms with E-state index in [1.165, 1.54) is 0 Å². The lowest BCUT2D eigenvalue weighted by Gasteiger charge is -2.05. The number of aryl methyl sites for hydroxylation is 2. The van der Waals surface area contributed by atoms with Crippen LogP contribution in [0.25, 0.3) is 0 Å². The van der Waals surface area contributed by atoms with E-state index in [-0.39, 0.29) is 0 Å². The number of rotatable bonds is 4. The molecule has 2 rings (SSSR count). The maximum Gasteiger partial charge on any atom is 0.194 e. The molecule has 1 heterocycles. The number of hydrogen-bond donors (Lipinski definition) is 0. The standard InChI is InChI=1S/C11H11NO3S/c13-16(14)10-4-1-9(2-5-10)3-6-11-12-7-8-15-11/h1-2,4-5,7-8H,3,6H2,(H,13,14)/p-1. The Hall–Kier alpha value is -1.46. The molecule has 0 fully saturated rings. The third-order valence-corrected chi connectivity index (χ3v) is 2.88. The van der Waals surface area contributed by atoms with E-state index in [9.17, 15) is 8.76 Å². The zero-order valence-corrected chi connectivity index (χ0v) is 9.28. The van der Waals surface area contributed by atoms with Gasteiger partial charge in [-0.05, 0) is 35.2 Å². The maximum atomic E-state index is 10.6. The Morgan fingerprint density at radius 3 is 2.56 bits per heavy atom. The van der Waals surface area contributed by atoms with Gasteiger partial charge in [0, 0.05) is 11.3 Å². The molecule has 84 valence electrons. The highest BCUT2D eigenvalue weighted by Crippen LogP contribution is 2.10. The minimum atomic E-state index is -2.15. The van der Waals surface area contributed by atoms with Crippen LogP contribution in [0.2, 0.25) is 0 Å². The summed E-state index contributed by atoms with van der Waals surface area (Å²) in [6.45, 7) is 0. The van der Waals surface area contributed by atoms with E-state index >= 15 is 0 Å². The van der Waals surface area contributed by atoms with Crippen molar-refractivity contribution in [1.29, 1.82) is 0 Å². The molecule has 2 aromatic rings. The molecule has 0 radical (unpaired) electrons. The number of aromatic nitrogens is 1. The van der Waals surface area contributed by atoms with E-state index in [2.05, 4.69) is 4.98 Å². The summed E-state index contributed by atoms with van der Waals surface area (Å²) in [6.07, 6.45) is 4.65. The first kappa shape index (κ1) is 11.0. The second-order valence-corrected chi connectivity index (χ2v) is 4.25. The van der Waals surface area contributed by atoms with Gasteiger partial charge >= 0.3 is 0 Å². The van der Waals surface area contributed by atoms with Crippen LogP contribution in [-0.2, 0) is 23.9 Å². The fourth-order valence-electron chi connectivity index (χ4n) is 1.39. The highest BCUT2D eigenvalue weighted by Gasteiger charge is 1.99. The van der Waals surface area contributed by atoms with Gasteiger partial charge in [0.1, 0.15) is 6.26 Å². The topological polar surface area (TPSA) is 66.2 Å². The van der Waals surface area contributed by atoms with Crippen LogP contribution in [0.5, 0.6) is 0 Å². The molecule has 0 bridgehead atoms. The third kappa shape index (κ3) is 2.77. The molecule has 0 aliphatic rings. The van der Waals surface area contributed by atoms with Gasteiger partial charge in [0.25, 0.3) is 0 Å². The van der Waals surface area contributed by atoms with E-state index in [1.54, 1.807) is 36.7 Å². The normalized spacial score (nSPS) is 12.6. The molecule has 0 aliphatic carbocycles. The van der Waals surface area contributed by atoms with E-state index in [4.69, 9.17) is 4.42 Å². The zero-order chi connectivity index (χ0) is 11.4. The largest absolute Gasteiger partial charge is 0.768 e. The molecule has 0 saturated carbocycles. The van der Waals surface area contributed by atoms with Gasteiger partial charge in [-0.15, -0.1) is 0 Å². The van der Waals surface area contributed by atoms with Gasteiger partial charge < -0.3 is 8.97 Å². The van der Waals surface area contributed by atoms with Gasteiger partial charge in [0.2, 0.25) is 0 Å². The smallest absolute Gasteiger partial charge is 0.194 e. The van der Waals surface area contributed by atoms with Crippen molar-refractivity contribution in [3.05, 3.63) is 48.2 Å². The first-order chi connectivity index (χ1) is 7.75. The predicted octanol–water partition coefficient (Wildman–Crippen LogP) is 1.70. The molecule has 0 saturated heterocycles. The molecule has 5 heteroatoms. The average molecular weight is 236 g/mol. The lowest BCUT2D eigenvalue weighted by atomic mass is 10.1. The summed E-state index contributed by atoms with van der Waals surface area (Å²) in [7, 11) is 0. The van der Waals surface area contributed by atoms with E-state index in [1.807, 2.05) is 0 Å². The number of benzene rings is 1. The molecule has 0 amide bonds. The van der Waals surface area contributed by atoms with Crippen LogP contribution in [0.4, 0.5) is 0 Å². The van der Waals surface area contributed by atoms with Crippen molar-refractivity contribution >= 4 is 11.1 Å². The van der Waals surface area contributed by atoms with Crippen molar-refractivity contribution in [3.8, 4) is 0 Å². The van der Waals surface area contributed by atoms with Crippen LogP contribution in [0.1, 0.15) is 11.5 Å². The highest BCUT2D eigenvalue weighted by atomic mass is 32.2. The number of oxazole rings is 1. The Morgan fingerprint density at radius 1 is 1.25 bits per heavy atom. The lowest BCUT2D eigenvalue weighted by molar-refractivity contribution is 0.494. The molecule has 0 aliphatic heterocycles. The number of hydrogen-bond acceptors (Lipinski definition) is 4. The Bertz CT molecular complexity index is 464. The molecule has 1 atom stereocenters. The quantitative estimate of drug-likeness (QED) is 0.758. The van der Waals surface area contributed by atoms with Crippen molar-refractivity contribution in [2.24, 2.45) is 0 Å². The molecule has 4 nitrogen and oxygen atoms in total. The zero-order valence-electron chi connectivity index (χ0n) is 8.46. The van der Waals surface area contributed by atoms with Gasteiger partial charge in [-0.2, -0.15) is 0 Å². The molecule has 1 aromatic carbocycles. The van der Waals surface area contributed by atoms with Gasteiger partial charge in [-0.25, -0.2) is 4.98 Å². The van der Waals surface area contributed by atoms with Gasteiger partial charge in [-0.1, -0.05) is 12.1 Å². The average Bonchev–Trinajstić information content (AvgIpc) is 2.80. The Morgan fingerprint density at radius 2 is 2.00 bits per heavy atom.